The van der Waals surface area contributed by atoms with Gasteiger partial charge >= 0.3 is 0 Å². The highest BCUT2D eigenvalue weighted by atomic mass is 32.2. The molecule has 7 heteroatoms. The first-order valence-electron chi connectivity index (χ1n) is 5.66. The van der Waals surface area contributed by atoms with Gasteiger partial charge in [0.1, 0.15) is 10.7 Å². The molecule has 0 spiro atoms. The second-order valence-electron chi connectivity index (χ2n) is 4.06. The van der Waals surface area contributed by atoms with Gasteiger partial charge in [-0.15, -0.1) is 0 Å². The van der Waals surface area contributed by atoms with Crippen LogP contribution in [0, 0.1) is 0 Å². The second kappa shape index (κ2) is 6.12. The summed E-state index contributed by atoms with van der Waals surface area (Å²) in [6, 6.07) is 3.09. The molecule has 1 heterocycles. The molecular weight excluding hydrogens is 254 g/mol. The van der Waals surface area contributed by atoms with Crippen LogP contribution in [0.2, 0.25) is 0 Å². The highest BCUT2D eigenvalue weighted by molar-refractivity contribution is 7.89. The molecule has 0 amide bonds. The van der Waals surface area contributed by atoms with Gasteiger partial charge in [0.2, 0.25) is 10.0 Å². The lowest BCUT2D eigenvalue weighted by Crippen LogP contribution is -2.30. The van der Waals surface area contributed by atoms with Crippen LogP contribution >= 0.6 is 0 Å². The number of pyridine rings is 1. The molecule has 0 fully saturated rings. The van der Waals surface area contributed by atoms with Crippen LogP contribution in [0.5, 0.6) is 0 Å². The Kier molecular flexibility index (Phi) is 5.06. The van der Waals surface area contributed by atoms with Crippen molar-refractivity contribution in [2.75, 3.05) is 26.0 Å². The summed E-state index contributed by atoms with van der Waals surface area (Å²) in [6.45, 7) is 1.89. The predicted octanol–water partition coefficient (Wildman–Crippen LogP) is 0.515. The van der Waals surface area contributed by atoms with Gasteiger partial charge in [-0.25, -0.2) is 17.7 Å². The highest BCUT2D eigenvalue weighted by Crippen LogP contribution is 2.21. The Labute approximate surface area is 108 Å². The zero-order chi connectivity index (χ0) is 13.8. The lowest BCUT2D eigenvalue weighted by atomic mass is 10.3. The molecule has 2 N–H and O–H groups in total. The summed E-state index contributed by atoms with van der Waals surface area (Å²) in [7, 11) is -0.468. The van der Waals surface area contributed by atoms with Crippen molar-refractivity contribution in [3.05, 3.63) is 18.3 Å². The molecule has 0 aliphatic rings. The van der Waals surface area contributed by atoms with E-state index in [4.69, 9.17) is 0 Å². The van der Waals surface area contributed by atoms with Gasteiger partial charge in [0.05, 0.1) is 6.10 Å². The SMILES string of the molecule is CNc1ncccc1S(=O)(=O)N(C)CCC(C)O. The Hall–Kier alpha value is -1.18. The van der Waals surface area contributed by atoms with Gasteiger partial charge < -0.3 is 10.4 Å². The summed E-state index contributed by atoms with van der Waals surface area (Å²) >= 11 is 0. The van der Waals surface area contributed by atoms with Crippen molar-refractivity contribution < 1.29 is 13.5 Å². The number of nitrogens with zero attached hydrogens (tertiary/aromatic N) is 2. The zero-order valence-corrected chi connectivity index (χ0v) is 11.6. The lowest BCUT2D eigenvalue weighted by molar-refractivity contribution is 0.177. The van der Waals surface area contributed by atoms with Gasteiger partial charge in [-0.1, -0.05) is 0 Å². The van der Waals surface area contributed by atoms with Crippen molar-refractivity contribution >= 4 is 15.8 Å². The number of anilines is 1. The third kappa shape index (κ3) is 3.41. The minimum Gasteiger partial charge on any atom is -0.393 e. The predicted molar refractivity (Wildman–Crippen MR) is 69.9 cm³/mol. The van der Waals surface area contributed by atoms with E-state index < -0.39 is 16.1 Å². The van der Waals surface area contributed by atoms with E-state index in [1.54, 1.807) is 20.0 Å². The van der Waals surface area contributed by atoms with Crippen LogP contribution in [0.15, 0.2) is 23.2 Å². The van der Waals surface area contributed by atoms with E-state index in [-0.39, 0.29) is 11.4 Å². The summed E-state index contributed by atoms with van der Waals surface area (Å²) in [6.07, 6.45) is 1.39. The van der Waals surface area contributed by atoms with E-state index >= 15 is 0 Å². The third-order valence-electron chi connectivity index (χ3n) is 2.56. The van der Waals surface area contributed by atoms with Crippen LogP contribution in [-0.4, -0.2) is 49.6 Å². The third-order valence-corrected chi connectivity index (χ3v) is 4.45. The fourth-order valence-corrected chi connectivity index (χ4v) is 2.77. The number of hydrogen-bond donors (Lipinski definition) is 2. The number of aromatic nitrogens is 1. The van der Waals surface area contributed by atoms with Gasteiger partial charge in [-0.2, -0.15) is 0 Å². The number of sulfonamides is 1. The Balaban J connectivity index is 2.98. The van der Waals surface area contributed by atoms with Crippen LogP contribution in [0.3, 0.4) is 0 Å². The Morgan fingerprint density at radius 3 is 2.78 bits per heavy atom. The van der Waals surface area contributed by atoms with Gasteiger partial charge in [-0.05, 0) is 25.5 Å². The number of nitrogens with one attached hydrogen (secondary N) is 1. The molecule has 0 aromatic carbocycles. The molecule has 6 nitrogen and oxygen atoms in total. The molecule has 1 unspecified atom stereocenters. The molecule has 0 aliphatic heterocycles. The minimum atomic E-state index is -3.58. The number of aliphatic hydroxyl groups is 1. The normalized spacial score (nSPS) is 13.6. The largest absolute Gasteiger partial charge is 0.393 e. The van der Waals surface area contributed by atoms with Crippen molar-refractivity contribution in [3.63, 3.8) is 0 Å². The van der Waals surface area contributed by atoms with Gasteiger partial charge in [0.15, 0.2) is 0 Å². The van der Waals surface area contributed by atoms with Gasteiger partial charge in [0.25, 0.3) is 0 Å². The van der Waals surface area contributed by atoms with Crippen molar-refractivity contribution in [1.82, 2.24) is 9.29 Å². The number of aliphatic hydroxyl groups excluding tert-OH is 1. The second-order valence-corrected chi connectivity index (χ2v) is 6.08. The topological polar surface area (TPSA) is 82.5 Å². The maximum absolute atomic E-state index is 12.3. The molecule has 0 aliphatic carbocycles. The maximum atomic E-state index is 12.3. The first kappa shape index (κ1) is 14.9. The molecule has 0 saturated carbocycles. The molecule has 0 bridgehead atoms. The summed E-state index contributed by atoms with van der Waals surface area (Å²) in [5.41, 5.74) is 0. The molecule has 0 saturated heterocycles. The van der Waals surface area contributed by atoms with Crippen molar-refractivity contribution in [1.29, 1.82) is 0 Å². The summed E-state index contributed by atoms with van der Waals surface area (Å²) in [4.78, 5) is 4.11. The molecule has 102 valence electrons. The standard InChI is InChI=1S/C11H19N3O3S/c1-9(15)6-8-14(3)18(16,17)10-5-4-7-13-11(10)12-2/h4-5,7,9,15H,6,8H2,1-3H3,(H,12,13). The molecule has 1 atom stereocenters. The fourth-order valence-electron chi connectivity index (χ4n) is 1.44. The Morgan fingerprint density at radius 1 is 1.56 bits per heavy atom. The van der Waals surface area contributed by atoms with E-state index in [0.29, 0.717) is 12.2 Å². The highest BCUT2D eigenvalue weighted by Gasteiger charge is 2.24. The number of rotatable bonds is 6. The molecular formula is C11H19N3O3S. The molecule has 1 aromatic rings. The monoisotopic (exact) mass is 273 g/mol. The Bertz CT molecular complexity index is 488. The average molecular weight is 273 g/mol. The fraction of sp³-hybridized carbons (Fsp3) is 0.545. The van der Waals surface area contributed by atoms with Gasteiger partial charge in [0, 0.05) is 26.8 Å². The molecule has 1 aromatic heterocycles. The van der Waals surface area contributed by atoms with Gasteiger partial charge in [-0.3, -0.25) is 0 Å². The molecule has 0 radical (unpaired) electrons. The van der Waals surface area contributed by atoms with E-state index in [0.717, 1.165) is 0 Å². The van der Waals surface area contributed by atoms with Crippen LogP contribution in [0.4, 0.5) is 5.82 Å². The maximum Gasteiger partial charge on any atom is 0.246 e. The Morgan fingerprint density at radius 2 is 2.22 bits per heavy atom. The summed E-state index contributed by atoms with van der Waals surface area (Å²) in [5.74, 6) is 0.321. The zero-order valence-electron chi connectivity index (χ0n) is 10.8. The number of hydrogen-bond acceptors (Lipinski definition) is 5. The lowest BCUT2D eigenvalue weighted by Gasteiger charge is -2.19. The first-order valence-corrected chi connectivity index (χ1v) is 7.10. The van der Waals surface area contributed by atoms with Crippen LogP contribution < -0.4 is 5.32 Å². The van der Waals surface area contributed by atoms with Crippen molar-refractivity contribution in [2.45, 2.75) is 24.3 Å². The minimum absolute atomic E-state index is 0.139. The summed E-state index contributed by atoms with van der Waals surface area (Å²) in [5, 5.41) is 11.9. The van der Waals surface area contributed by atoms with E-state index in [1.807, 2.05) is 0 Å². The van der Waals surface area contributed by atoms with Crippen molar-refractivity contribution in [2.24, 2.45) is 0 Å². The van der Waals surface area contributed by atoms with E-state index in [2.05, 4.69) is 10.3 Å². The van der Waals surface area contributed by atoms with Crippen LogP contribution in [-0.2, 0) is 10.0 Å². The van der Waals surface area contributed by atoms with Crippen LogP contribution in [0.25, 0.3) is 0 Å². The van der Waals surface area contributed by atoms with E-state index in [9.17, 15) is 13.5 Å². The molecule has 1 rings (SSSR count). The average Bonchev–Trinajstić information content (AvgIpc) is 2.35. The molecule has 18 heavy (non-hydrogen) atoms. The van der Waals surface area contributed by atoms with Crippen molar-refractivity contribution in [3.8, 4) is 0 Å². The first-order chi connectivity index (χ1) is 8.39. The summed E-state index contributed by atoms with van der Waals surface area (Å²) < 4.78 is 25.8. The smallest absolute Gasteiger partial charge is 0.246 e. The quantitative estimate of drug-likeness (QED) is 0.789. The van der Waals surface area contributed by atoms with E-state index in [1.165, 1.54) is 23.6 Å². The van der Waals surface area contributed by atoms with Crippen LogP contribution in [0.1, 0.15) is 13.3 Å².